The molecule has 0 bridgehead atoms. The van der Waals surface area contributed by atoms with Crippen LogP contribution in [0.2, 0.25) is 0 Å². The van der Waals surface area contributed by atoms with Crippen molar-refractivity contribution in [2.45, 2.75) is 24.7 Å². The number of rotatable bonds is 5. The van der Waals surface area contributed by atoms with Crippen molar-refractivity contribution in [2.75, 3.05) is 13.1 Å². The maximum Gasteiger partial charge on any atom is 0.210 e. The average Bonchev–Trinajstić information content (AvgIpc) is 3.34. The number of fused-ring (bicyclic) bond motifs is 1. The monoisotopic (exact) mass is 517 g/mol. The Morgan fingerprint density at radius 2 is 1.95 bits per heavy atom. The Bertz CT molecular complexity index is 1410. The van der Waals surface area contributed by atoms with Crippen molar-refractivity contribution < 1.29 is 13.7 Å². The van der Waals surface area contributed by atoms with Crippen molar-refractivity contribution >= 4 is 28.5 Å². The molecule has 0 amide bonds. The number of ketones is 1. The van der Waals surface area contributed by atoms with Crippen LogP contribution in [0.4, 0.5) is 10.1 Å². The second-order valence-corrected chi connectivity index (χ2v) is 10.9. The van der Waals surface area contributed by atoms with Crippen molar-refractivity contribution in [3.63, 3.8) is 0 Å². The fraction of sp³-hybridized carbons (Fsp3) is 0.250. The van der Waals surface area contributed by atoms with Crippen molar-refractivity contribution in [2.24, 2.45) is 23.2 Å². The highest BCUT2D eigenvalue weighted by Gasteiger charge is 2.52. The van der Waals surface area contributed by atoms with Crippen LogP contribution < -0.4 is 5.73 Å². The molecule has 0 radical (unpaired) electrons. The van der Waals surface area contributed by atoms with Gasteiger partial charge in [0.1, 0.15) is 5.82 Å². The van der Waals surface area contributed by atoms with E-state index in [1.54, 1.807) is 36.1 Å². The topological polar surface area (TPSA) is 99.6 Å². The minimum absolute atomic E-state index is 0.142. The zero-order chi connectivity index (χ0) is 26.2. The molecule has 1 saturated heterocycles. The smallest absolute Gasteiger partial charge is 0.210 e. The number of nitrogens with zero attached hydrogens (tertiary/aromatic N) is 4. The molecule has 5 rings (SSSR count). The summed E-state index contributed by atoms with van der Waals surface area (Å²) in [6, 6.07) is 13.5. The highest BCUT2D eigenvalue weighted by atomic mass is 32.2. The Balaban J connectivity index is 1.58. The number of halogens is 1. The summed E-state index contributed by atoms with van der Waals surface area (Å²) in [5.74, 6) is -0.143. The molecule has 37 heavy (non-hydrogen) atoms. The van der Waals surface area contributed by atoms with E-state index in [0.717, 1.165) is 11.1 Å². The minimum atomic E-state index is -1.43. The molecule has 2 N–H and O–H groups in total. The molecule has 7 nitrogen and oxygen atoms in total. The Kier molecular flexibility index (Phi) is 6.85. The van der Waals surface area contributed by atoms with E-state index < -0.39 is 16.8 Å². The lowest BCUT2D eigenvalue weighted by atomic mass is 9.64. The number of benzene rings is 2. The van der Waals surface area contributed by atoms with Crippen molar-refractivity contribution in [3.05, 3.63) is 102 Å². The van der Waals surface area contributed by atoms with Gasteiger partial charge >= 0.3 is 0 Å². The van der Waals surface area contributed by atoms with Gasteiger partial charge in [-0.2, -0.15) is 0 Å². The first kappa shape index (κ1) is 25.1. The van der Waals surface area contributed by atoms with Crippen LogP contribution in [0.15, 0.2) is 94.2 Å². The maximum atomic E-state index is 14.2. The number of hydrogen-bond acceptors (Lipinski definition) is 6. The van der Waals surface area contributed by atoms with Crippen molar-refractivity contribution in [3.8, 4) is 0 Å². The van der Waals surface area contributed by atoms with Gasteiger partial charge in [0.15, 0.2) is 10.7 Å². The van der Waals surface area contributed by atoms with E-state index in [-0.39, 0.29) is 18.1 Å². The number of nitrogens with two attached hydrogens (primary N) is 1. The predicted octanol–water partition coefficient (Wildman–Crippen LogP) is 4.41. The summed E-state index contributed by atoms with van der Waals surface area (Å²) in [6.07, 6.45) is 7.55. The molecule has 9 heteroatoms. The molecular formula is C28H28FN5O2S. The molecule has 2 aliphatic rings. The van der Waals surface area contributed by atoms with Gasteiger partial charge in [-0.15, -0.1) is 4.31 Å². The molecule has 0 spiro atoms. The number of Topliss-reactive ketones (excluding diaryl/α,β-unsaturated/α-hetero) is 1. The van der Waals surface area contributed by atoms with Gasteiger partial charge in [-0.3, -0.25) is 4.79 Å². The van der Waals surface area contributed by atoms with Crippen LogP contribution in [0, 0.1) is 18.2 Å². The highest BCUT2D eigenvalue weighted by molar-refractivity contribution is 7.89. The summed E-state index contributed by atoms with van der Waals surface area (Å²) >= 11 is -1.43. The van der Waals surface area contributed by atoms with E-state index in [1.807, 2.05) is 41.6 Å². The Hall–Kier alpha value is -3.53. The molecule has 2 unspecified atom stereocenters. The highest BCUT2D eigenvalue weighted by Crippen LogP contribution is 2.47. The number of aliphatic imine (C=N–C) groups is 1. The van der Waals surface area contributed by atoms with E-state index in [0.29, 0.717) is 47.1 Å². The lowest BCUT2D eigenvalue weighted by Crippen LogP contribution is -2.53. The number of carbonyl (C=O) groups excluding carboxylic acids is 1. The standard InChI is InChI=1S/C28H28FN5O2S/c1-19-3-9-24(10-4-19)37(36)34-13-11-21-15-25(32-23-7-5-22(29)6-8-23)20(17-30)16-28(21,18-34)26(35)27-31-12-14-33(27)2/h3-10,12,14-15,17H,11,13,16,18,30H2,1-2H3. The summed E-state index contributed by atoms with van der Waals surface area (Å²) < 4.78 is 30.6. The van der Waals surface area contributed by atoms with Gasteiger partial charge in [0, 0.05) is 26.0 Å². The third kappa shape index (κ3) is 4.77. The molecule has 2 aromatic carbocycles. The zero-order valence-corrected chi connectivity index (χ0v) is 21.5. The number of hydrogen-bond donors (Lipinski definition) is 1. The van der Waals surface area contributed by atoms with Crippen LogP contribution in [0.1, 0.15) is 29.0 Å². The zero-order valence-electron chi connectivity index (χ0n) is 20.7. The second-order valence-electron chi connectivity index (χ2n) is 9.46. The summed E-state index contributed by atoms with van der Waals surface area (Å²) in [7, 11) is 1.79. The van der Waals surface area contributed by atoms with E-state index in [1.165, 1.54) is 18.3 Å². The van der Waals surface area contributed by atoms with Gasteiger partial charge < -0.3 is 14.9 Å². The van der Waals surface area contributed by atoms with E-state index in [4.69, 9.17) is 10.7 Å². The fourth-order valence-electron chi connectivity index (χ4n) is 4.96. The first-order chi connectivity index (χ1) is 17.8. The minimum Gasteiger partial charge on any atom is -0.593 e. The molecule has 2 atom stereocenters. The molecule has 190 valence electrons. The van der Waals surface area contributed by atoms with Gasteiger partial charge in [-0.05, 0) is 74.0 Å². The number of aryl methyl sites for hydroxylation is 2. The molecule has 0 saturated carbocycles. The number of aromatic nitrogens is 2. The molecule has 1 aromatic heterocycles. The average molecular weight is 518 g/mol. The molecular weight excluding hydrogens is 489 g/mol. The molecule has 1 fully saturated rings. The fourth-order valence-corrected chi connectivity index (χ4v) is 6.23. The van der Waals surface area contributed by atoms with Crippen molar-refractivity contribution in [1.82, 2.24) is 13.9 Å². The second kappa shape index (κ2) is 10.1. The lowest BCUT2D eigenvalue weighted by molar-refractivity contribution is 0.0761. The third-order valence-corrected chi connectivity index (χ3v) is 8.47. The molecule has 1 aliphatic carbocycles. The third-order valence-electron chi connectivity index (χ3n) is 7.02. The Labute approximate surface area is 218 Å². The Morgan fingerprint density at radius 1 is 1.22 bits per heavy atom. The lowest BCUT2D eigenvalue weighted by Gasteiger charge is -2.45. The quantitative estimate of drug-likeness (QED) is 0.399. The van der Waals surface area contributed by atoms with Crippen molar-refractivity contribution in [1.29, 1.82) is 0 Å². The van der Waals surface area contributed by atoms with E-state index in [2.05, 4.69) is 4.98 Å². The maximum absolute atomic E-state index is 14.2. The van der Waals surface area contributed by atoms with E-state index >= 15 is 0 Å². The van der Waals surface area contributed by atoms with Crippen LogP contribution in [0.3, 0.4) is 0 Å². The summed E-state index contributed by atoms with van der Waals surface area (Å²) in [6.45, 7) is 2.76. The van der Waals surface area contributed by atoms with E-state index in [9.17, 15) is 13.7 Å². The van der Waals surface area contributed by atoms with Crippen LogP contribution in [0.25, 0.3) is 0 Å². The number of imidazole rings is 1. The number of allylic oxidation sites excluding steroid dienone is 2. The van der Waals surface area contributed by atoms with Crippen LogP contribution >= 0.6 is 0 Å². The van der Waals surface area contributed by atoms with Gasteiger partial charge in [0.25, 0.3) is 0 Å². The molecule has 2 heterocycles. The van der Waals surface area contributed by atoms with Gasteiger partial charge in [-0.25, -0.2) is 14.4 Å². The van der Waals surface area contributed by atoms with Gasteiger partial charge in [-0.1, -0.05) is 23.3 Å². The summed E-state index contributed by atoms with van der Waals surface area (Å²) in [5.41, 5.74) is 8.98. The van der Waals surface area contributed by atoms with Crippen LogP contribution in [-0.4, -0.2) is 43.0 Å². The predicted molar refractivity (Wildman–Crippen MR) is 142 cm³/mol. The number of piperidine rings is 1. The number of carbonyl (C=O) groups is 1. The van der Waals surface area contributed by atoms with Crippen LogP contribution in [-0.2, 0) is 18.4 Å². The first-order valence-corrected chi connectivity index (χ1v) is 13.1. The largest absolute Gasteiger partial charge is 0.593 e. The SMILES string of the molecule is Cc1ccc([S+]([O-])N2CCC3=CC(=Nc4ccc(F)cc4)C(=CN)CC3(C(=O)c3nccn3C)C2)cc1. The van der Waals surface area contributed by atoms with Gasteiger partial charge in [0.05, 0.1) is 34.7 Å². The first-order valence-electron chi connectivity index (χ1n) is 12.0. The molecule has 3 aromatic rings. The molecule has 1 aliphatic heterocycles. The Morgan fingerprint density at radius 3 is 2.59 bits per heavy atom. The normalized spacial score (nSPS) is 23.1. The summed E-state index contributed by atoms with van der Waals surface area (Å²) in [5, 5.41) is 0. The van der Waals surface area contributed by atoms with Crippen LogP contribution in [0.5, 0.6) is 0 Å². The summed E-state index contributed by atoms with van der Waals surface area (Å²) in [4.78, 5) is 23.9. The van der Waals surface area contributed by atoms with Gasteiger partial charge in [0.2, 0.25) is 5.78 Å².